The topological polar surface area (TPSA) is 21.3 Å². The molecule has 0 spiro atoms. The Bertz CT molecular complexity index is 601. The standard InChI is InChI=1S/C16H17ClFNO/c1-3-19-10-12-4-6-14(9-15(12)17)20-16-7-5-13(18)8-11(16)2/h4-9,19H,3,10H2,1-2H3. The predicted octanol–water partition coefficient (Wildman–Crippen LogP) is 4.69. The van der Waals surface area contributed by atoms with Crippen molar-refractivity contribution in [1.82, 2.24) is 5.32 Å². The highest BCUT2D eigenvalue weighted by molar-refractivity contribution is 6.31. The number of hydrogen-bond donors (Lipinski definition) is 1. The van der Waals surface area contributed by atoms with Crippen molar-refractivity contribution in [2.24, 2.45) is 0 Å². The molecule has 20 heavy (non-hydrogen) atoms. The molecule has 0 aliphatic rings. The molecule has 0 aromatic heterocycles. The molecule has 0 bridgehead atoms. The Labute approximate surface area is 123 Å². The minimum atomic E-state index is -0.270. The Morgan fingerprint density at radius 3 is 2.65 bits per heavy atom. The summed E-state index contributed by atoms with van der Waals surface area (Å²) in [6, 6.07) is 10.0. The van der Waals surface area contributed by atoms with E-state index in [1.54, 1.807) is 19.1 Å². The van der Waals surface area contributed by atoms with Crippen molar-refractivity contribution in [1.29, 1.82) is 0 Å². The lowest BCUT2D eigenvalue weighted by atomic mass is 10.2. The van der Waals surface area contributed by atoms with Crippen molar-refractivity contribution in [3.05, 3.63) is 58.4 Å². The number of ether oxygens (including phenoxy) is 1. The van der Waals surface area contributed by atoms with Crippen LogP contribution in [-0.2, 0) is 6.54 Å². The van der Waals surface area contributed by atoms with Crippen molar-refractivity contribution in [2.45, 2.75) is 20.4 Å². The Kier molecular flexibility index (Phi) is 4.99. The van der Waals surface area contributed by atoms with Gasteiger partial charge < -0.3 is 10.1 Å². The lowest BCUT2D eigenvalue weighted by Gasteiger charge is -2.11. The number of rotatable bonds is 5. The maximum Gasteiger partial charge on any atom is 0.130 e. The minimum absolute atomic E-state index is 0.270. The minimum Gasteiger partial charge on any atom is -0.457 e. The lowest BCUT2D eigenvalue weighted by Crippen LogP contribution is -2.11. The van der Waals surface area contributed by atoms with E-state index in [-0.39, 0.29) is 5.82 Å². The van der Waals surface area contributed by atoms with E-state index in [0.29, 0.717) is 16.5 Å². The van der Waals surface area contributed by atoms with E-state index in [1.165, 1.54) is 12.1 Å². The van der Waals surface area contributed by atoms with Crippen molar-refractivity contribution >= 4 is 11.6 Å². The fourth-order valence-corrected chi connectivity index (χ4v) is 2.09. The van der Waals surface area contributed by atoms with Gasteiger partial charge in [-0.3, -0.25) is 0 Å². The Morgan fingerprint density at radius 2 is 2.00 bits per heavy atom. The highest BCUT2D eigenvalue weighted by atomic mass is 35.5. The third kappa shape index (κ3) is 3.71. The van der Waals surface area contributed by atoms with E-state index in [0.717, 1.165) is 24.2 Å². The van der Waals surface area contributed by atoms with Gasteiger partial charge in [-0.25, -0.2) is 4.39 Å². The molecule has 2 rings (SSSR count). The average Bonchev–Trinajstić information content (AvgIpc) is 2.41. The molecule has 2 nitrogen and oxygen atoms in total. The van der Waals surface area contributed by atoms with Gasteiger partial charge in [-0.2, -0.15) is 0 Å². The summed E-state index contributed by atoms with van der Waals surface area (Å²) in [4.78, 5) is 0. The molecule has 0 amide bonds. The van der Waals surface area contributed by atoms with Crippen LogP contribution in [0.1, 0.15) is 18.1 Å². The van der Waals surface area contributed by atoms with Crippen LogP contribution < -0.4 is 10.1 Å². The number of benzene rings is 2. The molecule has 0 radical (unpaired) electrons. The van der Waals surface area contributed by atoms with Crippen LogP contribution in [0.25, 0.3) is 0 Å². The molecule has 4 heteroatoms. The molecule has 0 saturated heterocycles. The molecule has 1 N–H and O–H groups in total. The van der Waals surface area contributed by atoms with Gasteiger partial charge in [0.25, 0.3) is 0 Å². The van der Waals surface area contributed by atoms with Crippen molar-refractivity contribution in [2.75, 3.05) is 6.54 Å². The second-order valence-electron chi connectivity index (χ2n) is 4.55. The average molecular weight is 294 g/mol. The Morgan fingerprint density at radius 1 is 1.20 bits per heavy atom. The first kappa shape index (κ1) is 14.8. The molecular formula is C16H17ClFNO. The molecule has 2 aromatic carbocycles. The summed E-state index contributed by atoms with van der Waals surface area (Å²) in [6.07, 6.45) is 0. The van der Waals surface area contributed by atoms with Gasteiger partial charge in [0.15, 0.2) is 0 Å². The van der Waals surface area contributed by atoms with E-state index in [1.807, 2.05) is 19.1 Å². The molecular weight excluding hydrogens is 277 g/mol. The second-order valence-corrected chi connectivity index (χ2v) is 4.95. The monoisotopic (exact) mass is 293 g/mol. The quantitative estimate of drug-likeness (QED) is 0.863. The van der Waals surface area contributed by atoms with Crippen LogP contribution >= 0.6 is 11.6 Å². The van der Waals surface area contributed by atoms with E-state index < -0.39 is 0 Å². The SMILES string of the molecule is CCNCc1ccc(Oc2ccc(F)cc2C)cc1Cl. The van der Waals surface area contributed by atoms with Crippen LogP contribution in [0.15, 0.2) is 36.4 Å². The van der Waals surface area contributed by atoms with Crippen molar-refractivity contribution in [3.8, 4) is 11.5 Å². The molecule has 0 aliphatic heterocycles. The zero-order chi connectivity index (χ0) is 14.5. The number of aryl methyl sites for hydroxylation is 1. The van der Waals surface area contributed by atoms with Crippen LogP contribution in [0, 0.1) is 12.7 Å². The fraction of sp³-hybridized carbons (Fsp3) is 0.250. The van der Waals surface area contributed by atoms with Gasteiger partial charge in [-0.1, -0.05) is 24.6 Å². The normalized spacial score (nSPS) is 10.6. The van der Waals surface area contributed by atoms with E-state index in [4.69, 9.17) is 16.3 Å². The number of hydrogen-bond acceptors (Lipinski definition) is 2. The summed E-state index contributed by atoms with van der Waals surface area (Å²) in [5, 5.41) is 3.88. The van der Waals surface area contributed by atoms with Gasteiger partial charge in [0.05, 0.1) is 0 Å². The van der Waals surface area contributed by atoms with Gasteiger partial charge in [0.2, 0.25) is 0 Å². The first-order chi connectivity index (χ1) is 9.60. The van der Waals surface area contributed by atoms with Gasteiger partial charge in [0, 0.05) is 11.6 Å². The summed E-state index contributed by atoms with van der Waals surface area (Å²) in [5.74, 6) is 1.00. The van der Waals surface area contributed by atoms with Gasteiger partial charge in [0.1, 0.15) is 17.3 Å². The molecule has 0 atom stereocenters. The lowest BCUT2D eigenvalue weighted by molar-refractivity contribution is 0.476. The van der Waals surface area contributed by atoms with Crippen LogP contribution in [0.4, 0.5) is 4.39 Å². The molecule has 0 fully saturated rings. The molecule has 106 valence electrons. The van der Waals surface area contributed by atoms with Crippen LogP contribution in [-0.4, -0.2) is 6.54 Å². The smallest absolute Gasteiger partial charge is 0.130 e. The maximum absolute atomic E-state index is 13.0. The highest BCUT2D eigenvalue weighted by Crippen LogP contribution is 2.29. The molecule has 0 heterocycles. The maximum atomic E-state index is 13.0. The van der Waals surface area contributed by atoms with Crippen LogP contribution in [0.5, 0.6) is 11.5 Å². The summed E-state index contributed by atoms with van der Waals surface area (Å²) in [7, 11) is 0. The van der Waals surface area contributed by atoms with E-state index >= 15 is 0 Å². The fourth-order valence-electron chi connectivity index (χ4n) is 1.85. The molecule has 0 aliphatic carbocycles. The molecule has 0 unspecified atom stereocenters. The van der Waals surface area contributed by atoms with Gasteiger partial charge in [-0.05, 0) is 54.9 Å². The first-order valence-corrected chi connectivity index (χ1v) is 6.91. The highest BCUT2D eigenvalue weighted by Gasteiger charge is 2.06. The van der Waals surface area contributed by atoms with Crippen molar-refractivity contribution < 1.29 is 9.13 Å². The van der Waals surface area contributed by atoms with Gasteiger partial charge >= 0.3 is 0 Å². The van der Waals surface area contributed by atoms with Crippen LogP contribution in [0.3, 0.4) is 0 Å². The number of nitrogens with one attached hydrogen (secondary N) is 1. The van der Waals surface area contributed by atoms with Gasteiger partial charge in [-0.15, -0.1) is 0 Å². The summed E-state index contributed by atoms with van der Waals surface area (Å²) in [6.45, 7) is 5.47. The number of halogens is 2. The zero-order valence-corrected chi connectivity index (χ0v) is 12.3. The van der Waals surface area contributed by atoms with E-state index in [2.05, 4.69) is 5.32 Å². The summed E-state index contributed by atoms with van der Waals surface area (Å²) in [5.41, 5.74) is 1.77. The van der Waals surface area contributed by atoms with Crippen LogP contribution in [0.2, 0.25) is 5.02 Å². The molecule has 2 aromatic rings. The second kappa shape index (κ2) is 6.73. The Hall–Kier alpha value is -1.58. The van der Waals surface area contributed by atoms with E-state index in [9.17, 15) is 4.39 Å². The summed E-state index contributed by atoms with van der Waals surface area (Å²) >= 11 is 6.22. The third-order valence-corrected chi connectivity index (χ3v) is 3.31. The third-order valence-electron chi connectivity index (χ3n) is 2.95. The first-order valence-electron chi connectivity index (χ1n) is 6.53. The Balaban J connectivity index is 2.15. The zero-order valence-electron chi connectivity index (χ0n) is 11.5. The predicted molar refractivity (Wildman–Crippen MR) is 80.0 cm³/mol. The summed E-state index contributed by atoms with van der Waals surface area (Å²) < 4.78 is 18.8. The van der Waals surface area contributed by atoms with Crippen molar-refractivity contribution in [3.63, 3.8) is 0 Å². The largest absolute Gasteiger partial charge is 0.457 e. The molecule has 0 saturated carbocycles.